The van der Waals surface area contributed by atoms with Crippen molar-refractivity contribution < 1.29 is 9.53 Å². The minimum absolute atomic E-state index is 0.0477. The van der Waals surface area contributed by atoms with Crippen LogP contribution in [-0.2, 0) is 9.53 Å². The highest BCUT2D eigenvalue weighted by Crippen LogP contribution is 2.26. The summed E-state index contributed by atoms with van der Waals surface area (Å²) >= 11 is 0. The van der Waals surface area contributed by atoms with E-state index in [2.05, 4.69) is 10.6 Å². The summed E-state index contributed by atoms with van der Waals surface area (Å²) in [5.41, 5.74) is 0. The van der Waals surface area contributed by atoms with Crippen LogP contribution in [0.4, 0.5) is 0 Å². The van der Waals surface area contributed by atoms with Gasteiger partial charge in [0.2, 0.25) is 5.91 Å². The molecule has 1 heterocycles. The first kappa shape index (κ1) is 13.8. The molecule has 4 nitrogen and oxygen atoms in total. The second-order valence-electron chi connectivity index (χ2n) is 5.55. The summed E-state index contributed by atoms with van der Waals surface area (Å²) in [6, 6.07) is 0. The maximum Gasteiger partial charge on any atom is 0.246 e. The third-order valence-electron chi connectivity index (χ3n) is 4.09. The second-order valence-corrected chi connectivity index (χ2v) is 5.55. The maximum absolute atomic E-state index is 11.6. The van der Waals surface area contributed by atoms with Crippen molar-refractivity contribution in [1.29, 1.82) is 0 Å². The largest absolute Gasteiger partial charge is 0.368 e. The third-order valence-corrected chi connectivity index (χ3v) is 4.09. The van der Waals surface area contributed by atoms with Gasteiger partial charge in [-0.2, -0.15) is 0 Å². The lowest BCUT2D eigenvalue weighted by molar-refractivity contribution is -0.128. The Morgan fingerprint density at radius 1 is 1.17 bits per heavy atom. The Balaban J connectivity index is 1.49. The molecule has 0 atom stereocenters. The van der Waals surface area contributed by atoms with Crippen LogP contribution in [0.3, 0.4) is 0 Å². The van der Waals surface area contributed by atoms with Crippen molar-refractivity contribution in [2.75, 3.05) is 26.2 Å². The summed E-state index contributed by atoms with van der Waals surface area (Å²) in [6.45, 7) is 3.07. The summed E-state index contributed by atoms with van der Waals surface area (Å²) in [5.74, 6) is 0.891. The van der Waals surface area contributed by atoms with Crippen molar-refractivity contribution >= 4 is 5.91 Å². The van der Waals surface area contributed by atoms with Gasteiger partial charge in [-0.25, -0.2) is 0 Å². The van der Waals surface area contributed by atoms with Crippen LogP contribution in [0.1, 0.15) is 44.9 Å². The molecule has 1 saturated heterocycles. The molecule has 0 radical (unpaired) electrons. The third kappa shape index (κ3) is 4.94. The molecule has 104 valence electrons. The van der Waals surface area contributed by atoms with Gasteiger partial charge in [0.1, 0.15) is 6.61 Å². The highest BCUT2D eigenvalue weighted by molar-refractivity contribution is 5.77. The van der Waals surface area contributed by atoms with E-state index in [4.69, 9.17) is 4.74 Å². The van der Waals surface area contributed by atoms with E-state index in [0.717, 1.165) is 44.8 Å². The van der Waals surface area contributed by atoms with E-state index in [1.165, 1.54) is 25.7 Å². The molecule has 2 aliphatic rings. The number of piperidine rings is 1. The van der Waals surface area contributed by atoms with Crippen LogP contribution in [-0.4, -0.2) is 38.3 Å². The van der Waals surface area contributed by atoms with Crippen LogP contribution >= 0.6 is 0 Å². The molecular weight excluding hydrogens is 228 g/mol. The molecule has 2 rings (SSSR count). The highest BCUT2D eigenvalue weighted by Gasteiger charge is 2.16. The van der Waals surface area contributed by atoms with E-state index < -0.39 is 0 Å². The molecule has 1 amide bonds. The van der Waals surface area contributed by atoms with Gasteiger partial charge in [0.15, 0.2) is 0 Å². The second kappa shape index (κ2) is 7.74. The first-order valence-corrected chi connectivity index (χ1v) is 7.43. The molecule has 0 aromatic rings. The lowest BCUT2D eigenvalue weighted by atomic mass is 10.0. The summed E-state index contributed by atoms with van der Waals surface area (Å²) in [6.07, 6.45) is 8.90. The Hall–Kier alpha value is -0.610. The zero-order valence-corrected chi connectivity index (χ0v) is 11.2. The van der Waals surface area contributed by atoms with Gasteiger partial charge in [-0.3, -0.25) is 4.79 Å². The molecule has 0 bridgehead atoms. The average Bonchev–Trinajstić information content (AvgIpc) is 2.91. The number of rotatable bonds is 6. The number of nitrogens with one attached hydrogen (secondary N) is 2. The predicted molar refractivity (Wildman–Crippen MR) is 71.4 cm³/mol. The molecule has 2 fully saturated rings. The summed E-state index contributed by atoms with van der Waals surface area (Å²) < 4.78 is 5.62. The molecule has 0 aromatic carbocycles. The van der Waals surface area contributed by atoms with Crippen LogP contribution in [0, 0.1) is 5.92 Å². The van der Waals surface area contributed by atoms with E-state index in [0.29, 0.717) is 0 Å². The minimum atomic E-state index is 0.0477. The monoisotopic (exact) mass is 254 g/mol. The Morgan fingerprint density at radius 2 is 1.89 bits per heavy atom. The smallest absolute Gasteiger partial charge is 0.246 e. The standard InChI is InChI=1S/C14H26N2O2/c17-14(11-18-13-6-8-15-9-7-13)16-10-5-12-3-1-2-4-12/h12-13,15H,1-11H2,(H,16,17). The van der Waals surface area contributed by atoms with Crippen LogP contribution in [0.25, 0.3) is 0 Å². The van der Waals surface area contributed by atoms with Crippen LogP contribution in [0.15, 0.2) is 0 Å². The summed E-state index contributed by atoms with van der Waals surface area (Å²) in [4.78, 5) is 11.6. The molecule has 0 spiro atoms. The molecular formula is C14H26N2O2. The molecule has 1 aliphatic heterocycles. The molecule has 18 heavy (non-hydrogen) atoms. The Kier molecular flexibility index (Phi) is 5.94. The van der Waals surface area contributed by atoms with Crippen molar-refractivity contribution in [3.63, 3.8) is 0 Å². The number of amides is 1. The lowest BCUT2D eigenvalue weighted by Crippen LogP contribution is -2.36. The van der Waals surface area contributed by atoms with Crippen molar-refractivity contribution in [2.45, 2.75) is 51.0 Å². The predicted octanol–water partition coefficient (Wildman–Crippen LogP) is 1.45. The fourth-order valence-corrected chi connectivity index (χ4v) is 2.92. The SMILES string of the molecule is O=C(COC1CCNCC1)NCCC1CCCC1. The topological polar surface area (TPSA) is 50.4 Å². The number of hydrogen-bond acceptors (Lipinski definition) is 3. The normalized spacial score (nSPS) is 22.2. The lowest BCUT2D eigenvalue weighted by Gasteiger charge is -2.22. The van der Waals surface area contributed by atoms with Crippen molar-refractivity contribution in [3.05, 3.63) is 0 Å². The molecule has 1 aliphatic carbocycles. The average molecular weight is 254 g/mol. The Morgan fingerprint density at radius 3 is 2.61 bits per heavy atom. The zero-order chi connectivity index (χ0) is 12.6. The molecule has 1 saturated carbocycles. The van der Waals surface area contributed by atoms with Gasteiger partial charge >= 0.3 is 0 Å². The number of carbonyl (C=O) groups is 1. The van der Waals surface area contributed by atoms with Gasteiger partial charge in [0.25, 0.3) is 0 Å². The Labute approximate surface area is 110 Å². The fourth-order valence-electron chi connectivity index (χ4n) is 2.92. The summed E-state index contributed by atoms with van der Waals surface area (Å²) in [7, 11) is 0. The number of ether oxygens (including phenoxy) is 1. The van der Waals surface area contributed by atoms with Crippen LogP contribution in [0.5, 0.6) is 0 Å². The molecule has 2 N–H and O–H groups in total. The molecule has 4 heteroatoms. The van der Waals surface area contributed by atoms with E-state index in [-0.39, 0.29) is 18.6 Å². The van der Waals surface area contributed by atoms with E-state index in [1.807, 2.05) is 0 Å². The van der Waals surface area contributed by atoms with E-state index in [9.17, 15) is 4.79 Å². The van der Waals surface area contributed by atoms with Gasteiger partial charge in [-0.1, -0.05) is 25.7 Å². The van der Waals surface area contributed by atoms with Crippen LogP contribution in [0.2, 0.25) is 0 Å². The fraction of sp³-hybridized carbons (Fsp3) is 0.929. The summed E-state index contributed by atoms with van der Waals surface area (Å²) in [5, 5.41) is 6.26. The first-order valence-electron chi connectivity index (χ1n) is 7.43. The number of hydrogen-bond donors (Lipinski definition) is 2. The van der Waals surface area contributed by atoms with Gasteiger partial charge in [-0.15, -0.1) is 0 Å². The van der Waals surface area contributed by atoms with Crippen molar-refractivity contribution in [3.8, 4) is 0 Å². The first-order chi connectivity index (χ1) is 8.84. The van der Waals surface area contributed by atoms with Gasteiger partial charge in [-0.05, 0) is 38.3 Å². The van der Waals surface area contributed by atoms with Gasteiger partial charge < -0.3 is 15.4 Å². The minimum Gasteiger partial charge on any atom is -0.368 e. The van der Waals surface area contributed by atoms with Gasteiger partial charge in [0, 0.05) is 6.54 Å². The van der Waals surface area contributed by atoms with E-state index in [1.54, 1.807) is 0 Å². The van der Waals surface area contributed by atoms with Crippen molar-refractivity contribution in [2.24, 2.45) is 5.92 Å². The maximum atomic E-state index is 11.6. The van der Waals surface area contributed by atoms with E-state index >= 15 is 0 Å². The van der Waals surface area contributed by atoms with Gasteiger partial charge in [0.05, 0.1) is 6.10 Å². The quantitative estimate of drug-likeness (QED) is 0.754. The zero-order valence-electron chi connectivity index (χ0n) is 11.2. The highest BCUT2D eigenvalue weighted by atomic mass is 16.5. The Bertz CT molecular complexity index is 246. The van der Waals surface area contributed by atoms with Crippen LogP contribution < -0.4 is 10.6 Å². The molecule has 0 unspecified atom stereocenters. The molecule has 0 aromatic heterocycles. The van der Waals surface area contributed by atoms with Crippen molar-refractivity contribution in [1.82, 2.24) is 10.6 Å². The number of carbonyl (C=O) groups excluding carboxylic acids is 1.